The van der Waals surface area contributed by atoms with E-state index in [0.717, 1.165) is 0 Å². The lowest BCUT2D eigenvalue weighted by molar-refractivity contribution is 0.00696. The van der Waals surface area contributed by atoms with E-state index in [1.165, 1.54) is 30.3 Å². The van der Waals surface area contributed by atoms with Crippen LogP contribution in [0.1, 0.15) is 49.5 Å². The van der Waals surface area contributed by atoms with Crippen molar-refractivity contribution in [3.05, 3.63) is 46.5 Å². The maximum absolute atomic E-state index is 14.1. The van der Waals surface area contributed by atoms with Gasteiger partial charge in [0.05, 0.1) is 29.4 Å². The van der Waals surface area contributed by atoms with Gasteiger partial charge in [-0.05, 0) is 58.4 Å². The molecule has 0 saturated carbocycles. The number of ether oxygens (including phenoxy) is 2. The number of nitrogen functional groups attached to an aromatic ring is 1. The van der Waals surface area contributed by atoms with Gasteiger partial charge >= 0.3 is 5.97 Å². The second-order valence-corrected chi connectivity index (χ2v) is 13.9. The Labute approximate surface area is 226 Å². The summed E-state index contributed by atoms with van der Waals surface area (Å²) in [6, 6.07) is 7.20. The van der Waals surface area contributed by atoms with Crippen molar-refractivity contribution >= 4 is 48.8 Å². The quantitative estimate of drug-likeness (QED) is 0.252. The summed E-state index contributed by atoms with van der Waals surface area (Å²) in [5.74, 6) is -1.99. The van der Waals surface area contributed by atoms with Crippen molar-refractivity contribution in [1.82, 2.24) is 0 Å². The van der Waals surface area contributed by atoms with Gasteiger partial charge in [-0.2, -0.15) is 0 Å². The van der Waals surface area contributed by atoms with Crippen molar-refractivity contribution in [2.24, 2.45) is 0 Å². The Morgan fingerprint density at radius 1 is 1.11 bits per heavy atom. The van der Waals surface area contributed by atoms with Gasteiger partial charge in [0.1, 0.15) is 22.1 Å². The van der Waals surface area contributed by atoms with Crippen molar-refractivity contribution in [3.63, 3.8) is 0 Å². The van der Waals surface area contributed by atoms with E-state index >= 15 is 0 Å². The summed E-state index contributed by atoms with van der Waals surface area (Å²) < 4.78 is 88.4. The Morgan fingerprint density at radius 3 is 2.37 bits per heavy atom. The van der Waals surface area contributed by atoms with E-state index in [-0.39, 0.29) is 39.9 Å². The molecule has 14 heteroatoms. The van der Waals surface area contributed by atoms with Crippen molar-refractivity contribution in [3.8, 4) is 11.5 Å². The van der Waals surface area contributed by atoms with Crippen LogP contribution in [0.4, 0.5) is 20.2 Å². The van der Waals surface area contributed by atoms with Crippen LogP contribution in [0.5, 0.6) is 11.5 Å². The molecule has 9 nitrogen and oxygen atoms in total. The highest BCUT2D eigenvalue weighted by molar-refractivity contribution is 7.93. The van der Waals surface area contributed by atoms with Crippen LogP contribution in [0, 0.1) is 6.92 Å². The zero-order valence-corrected chi connectivity index (χ0v) is 23.8. The molecule has 2 aromatic carbocycles. The highest BCUT2D eigenvalue weighted by Gasteiger charge is 2.27. The number of benzene rings is 2. The third kappa shape index (κ3) is 8.70. The summed E-state index contributed by atoms with van der Waals surface area (Å²) in [5, 5.41) is -0.140. The lowest BCUT2D eigenvalue weighted by atomic mass is 10.0. The molecule has 212 valence electrons. The highest BCUT2D eigenvalue weighted by atomic mass is 35.5. The molecule has 1 atom stereocenters. The molecule has 0 aliphatic rings. The van der Waals surface area contributed by atoms with Crippen molar-refractivity contribution < 1.29 is 39.9 Å². The highest BCUT2D eigenvalue weighted by Crippen LogP contribution is 2.38. The fourth-order valence-corrected chi connectivity index (χ4v) is 6.03. The van der Waals surface area contributed by atoms with Crippen LogP contribution in [0.3, 0.4) is 0 Å². The van der Waals surface area contributed by atoms with E-state index in [1.807, 2.05) is 0 Å². The molecule has 38 heavy (non-hydrogen) atoms. The van der Waals surface area contributed by atoms with Gasteiger partial charge in [-0.3, -0.25) is 9.11 Å². The molecule has 0 aliphatic carbocycles. The van der Waals surface area contributed by atoms with Gasteiger partial charge in [-0.15, -0.1) is 0 Å². The van der Waals surface area contributed by atoms with Crippen molar-refractivity contribution in [2.75, 3.05) is 28.6 Å². The minimum Gasteiger partial charge on any atom is -0.456 e. The van der Waals surface area contributed by atoms with Crippen LogP contribution >= 0.6 is 11.6 Å². The van der Waals surface area contributed by atoms with Crippen LogP contribution in [0.25, 0.3) is 0 Å². The number of hydrogen-bond donors (Lipinski definition) is 2. The number of alkyl halides is 2. The van der Waals surface area contributed by atoms with Crippen LogP contribution in [0.15, 0.2) is 30.3 Å². The third-order valence-corrected chi connectivity index (χ3v) is 8.63. The van der Waals surface area contributed by atoms with Gasteiger partial charge in [-0.25, -0.2) is 26.0 Å². The van der Waals surface area contributed by atoms with Crippen LogP contribution < -0.4 is 15.2 Å². The molecule has 0 amide bonds. The Balaban J connectivity index is 2.23. The van der Waals surface area contributed by atoms with Gasteiger partial charge < -0.3 is 15.2 Å². The average molecular weight is 597 g/mol. The van der Waals surface area contributed by atoms with E-state index in [0.29, 0.717) is 5.56 Å². The van der Waals surface area contributed by atoms with Gasteiger partial charge in [0.2, 0.25) is 15.5 Å². The van der Waals surface area contributed by atoms with Crippen LogP contribution in [-0.4, -0.2) is 52.1 Å². The van der Waals surface area contributed by atoms with Crippen molar-refractivity contribution in [2.45, 2.75) is 51.6 Å². The predicted octanol–water partition coefficient (Wildman–Crippen LogP) is 5.18. The van der Waals surface area contributed by atoms with E-state index < -0.39 is 61.5 Å². The summed E-state index contributed by atoms with van der Waals surface area (Å²) in [6.45, 7) is 5.80. The molecular formula is C24H31ClF2N2O7S2. The Bertz CT molecular complexity index is 1380. The average Bonchev–Trinajstić information content (AvgIpc) is 2.79. The summed E-state index contributed by atoms with van der Waals surface area (Å²) in [5.41, 5.74) is 3.32. The zero-order valence-electron chi connectivity index (χ0n) is 21.4. The third-order valence-electron chi connectivity index (χ3n) is 5.06. The number of sulfone groups is 1. The molecule has 0 spiro atoms. The molecular weight excluding hydrogens is 566 g/mol. The molecule has 0 aliphatic heterocycles. The number of nitrogens with two attached hydrogens (primary N) is 1. The number of esters is 1. The normalized spacial score (nSPS) is 13.1. The first kappa shape index (κ1) is 31.6. The largest absolute Gasteiger partial charge is 0.456 e. The first-order valence-electron chi connectivity index (χ1n) is 11.5. The maximum atomic E-state index is 14.1. The molecule has 3 N–H and O–H groups in total. The van der Waals surface area contributed by atoms with Crippen molar-refractivity contribution in [1.29, 1.82) is 0 Å². The molecule has 2 rings (SSSR count). The number of sulfonamides is 1. The molecule has 0 fully saturated rings. The van der Waals surface area contributed by atoms with E-state index in [9.17, 15) is 30.4 Å². The number of nitrogens with one attached hydrogen (secondary N) is 1. The number of carbonyl (C=O) groups is 1. The number of hydrogen-bond acceptors (Lipinski definition) is 8. The molecule has 0 radical (unpaired) electrons. The SMILES string of the molecule is Cc1c(Oc2cccc(NS(=O)(=O)CCC(F)S(=O)(=O)CCCF)c2Cl)ccc(N)c1C(=O)OC(C)(C)C. The maximum Gasteiger partial charge on any atom is 0.341 e. The van der Waals surface area contributed by atoms with E-state index in [4.69, 9.17) is 26.8 Å². The fourth-order valence-electron chi connectivity index (χ4n) is 3.24. The molecule has 0 bridgehead atoms. The smallest absolute Gasteiger partial charge is 0.341 e. The molecule has 0 heterocycles. The van der Waals surface area contributed by atoms with Gasteiger partial charge in [0, 0.05) is 17.7 Å². The standard InChI is InChI=1S/C24H31ClF2N2O7S2/c1-15-18(10-9-16(28)21(15)23(30)36-24(2,3)4)35-19-8-5-7-17(22(19)25)29-38(33,34)14-11-20(27)37(31,32)13-6-12-26/h5,7-10,20,29H,6,11-14,28H2,1-4H3. The summed E-state index contributed by atoms with van der Waals surface area (Å²) >= 11 is 6.36. The second-order valence-electron chi connectivity index (χ2n) is 9.40. The van der Waals surface area contributed by atoms with Gasteiger partial charge in [0.25, 0.3) is 0 Å². The molecule has 0 aromatic heterocycles. The minimum atomic E-state index is -4.28. The van der Waals surface area contributed by atoms with E-state index in [1.54, 1.807) is 27.7 Å². The number of anilines is 2. The van der Waals surface area contributed by atoms with Crippen LogP contribution in [0.2, 0.25) is 5.02 Å². The monoisotopic (exact) mass is 596 g/mol. The molecule has 2 aromatic rings. The minimum absolute atomic E-state index is 0.0343. The number of halogens is 3. The number of rotatable bonds is 12. The first-order chi connectivity index (χ1) is 17.5. The summed E-state index contributed by atoms with van der Waals surface area (Å²) in [6.07, 6.45) is -1.21. The fraction of sp³-hybridized carbons (Fsp3) is 0.458. The second kappa shape index (κ2) is 12.5. The molecule has 0 saturated heterocycles. The van der Waals surface area contributed by atoms with Crippen LogP contribution in [-0.2, 0) is 24.6 Å². The Kier molecular flexibility index (Phi) is 10.4. The van der Waals surface area contributed by atoms with E-state index in [2.05, 4.69) is 4.72 Å². The van der Waals surface area contributed by atoms with Gasteiger partial charge in [-0.1, -0.05) is 17.7 Å². The Hall–Kier alpha value is -2.64. The Morgan fingerprint density at radius 2 is 1.76 bits per heavy atom. The molecule has 1 unspecified atom stereocenters. The lowest BCUT2D eigenvalue weighted by Crippen LogP contribution is -2.25. The predicted molar refractivity (Wildman–Crippen MR) is 144 cm³/mol. The summed E-state index contributed by atoms with van der Waals surface area (Å²) in [4.78, 5) is 12.7. The first-order valence-corrected chi connectivity index (χ1v) is 15.2. The summed E-state index contributed by atoms with van der Waals surface area (Å²) in [7, 11) is -8.50. The lowest BCUT2D eigenvalue weighted by Gasteiger charge is -2.22. The zero-order chi connectivity index (χ0) is 28.9. The number of carbonyl (C=O) groups excluding carboxylic acids is 1. The topological polar surface area (TPSA) is 142 Å². The van der Waals surface area contributed by atoms with Gasteiger partial charge in [0.15, 0.2) is 9.84 Å².